The maximum absolute atomic E-state index is 12.5. The minimum Gasteiger partial charge on any atom is -0.360 e. The number of amides is 1. The second-order valence-corrected chi connectivity index (χ2v) is 7.74. The molecule has 1 aliphatic rings. The number of hydrogen-bond donors (Lipinski definition) is 2. The molecule has 0 saturated carbocycles. The monoisotopic (exact) mass is 416 g/mol. The third-order valence-electron chi connectivity index (χ3n) is 5.02. The van der Waals surface area contributed by atoms with Gasteiger partial charge in [-0.05, 0) is 36.2 Å². The lowest BCUT2D eigenvalue weighted by Crippen LogP contribution is -3.16. The summed E-state index contributed by atoms with van der Waals surface area (Å²) >= 11 is 3.46. The lowest BCUT2D eigenvalue weighted by Gasteiger charge is -2.33. The molecule has 3 rings (SSSR count). The van der Waals surface area contributed by atoms with Crippen LogP contribution < -0.4 is 15.1 Å². The third-order valence-corrected chi connectivity index (χ3v) is 5.55. The molecule has 5 heteroatoms. The Balaban J connectivity index is 1.48. The summed E-state index contributed by atoms with van der Waals surface area (Å²) < 4.78 is 1.06. The highest BCUT2D eigenvalue weighted by atomic mass is 79.9. The van der Waals surface area contributed by atoms with Crippen molar-refractivity contribution in [3.63, 3.8) is 0 Å². The fourth-order valence-electron chi connectivity index (χ4n) is 3.49. The zero-order valence-electron chi connectivity index (χ0n) is 15.2. The van der Waals surface area contributed by atoms with Gasteiger partial charge in [0.2, 0.25) is 0 Å². The number of nitrogens with zero attached hydrogens (tertiary/aromatic N) is 1. The number of anilines is 1. The molecule has 1 atom stereocenters. The van der Waals surface area contributed by atoms with Gasteiger partial charge in [0.15, 0.2) is 6.54 Å². The van der Waals surface area contributed by atoms with Crippen LogP contribution in [-0.4, -0.2) is 38.6 Å². The standard InChI is InChI=1S/C21H26BrN3O/c1-2-20(17-8-10-18(22)11-9-17)23-21(26)16-24-12-14-25(15-13-24)19-6-4-3-5-7-19/h3-11,20H,2,12-16H2,1H3,(H,23,26)/p+1/t20-/m0/s1. The summed E-state index contributed by atoms with van der Waals surface area (Å²) in [6.07, 6.45) is 0.893. The van der Waals surface area contributed by atoms with Gasteiger partial charge < -0.3 is 15.1 Å². The van der Waals surface area contributed by atoms with Gasteiger partial charge in [-0.15, -0.1) is 0 Å². The Morgan fingerprint density at radius 3 is 2.38 bits per heavy atom. The second kappa shape index (κ2) is 9.19. The molecule has 1 fully saturated rings. The molecule has 26 heavy (non-hydrogen) atoms. The van der Waals surface area contributed by atoms with Crippen molar-refractivity contribution in [1.82, 2.24) is 5.32 Å². The molecular weight excluding hydrogens is 390 g/mol. The Morgan fingerprint density at radius 1 is 1.12 bits per heavy atom. The predicted octanol–water partition coefficient (Wildman–Crippen LogP) is 2.42. The molecule has 0 aliphatic carbocycles. The first-order chi connectivity index (χ1) is 12.7. The van der Waals surface area contributed by atoms with Gasteiger partial charge in [-0.3, -0.25) is 4.79 Å². The number of nitrogens with one attached hydrogen (secondary N) is 2. The van der Waals surface area contributed by atoms with Crippen molar-refractivity contribution in [2.45, 2.75) is 19.4 Å². The Bertz CT molecular complexity index is 697. The van der Waals surface area contributed by atoms with Gasteiger partial charge in [-0.25, -0.2) is 0 Å². The number of carbonyl (C=O) groups excluding carboxylic acids is 1. The van der Waals surface area contributed by atoms with Crippen LogP contribution in [0.4, 0.5) is 5.69 Å². The van der Waals surface area contributed by atoms with Gasteiger partial charge in [0.05, 0.1) is 32.2 Å². The molecule has 1 saturated heterocycles. The smallest absolute Gasteiger partial charge is 0.275 e. The molecule has 1 aliphatic heterocycles. The lowest BCUT2D eigenvalue weighted by atomic mass is 10.0. The van der Waals surface area contributed by atoms with E-state index in [0.29, 0.717) is 6.54 Å². The molecule has 0 unspecified atom stereocenters. The highest BCUT2D eigenvalue weighted by Crippen LogP contribution is 2.19. The van der Waals surface area contributed by atoms with Crippen LogP contribution in [0.5, 0.6) is 0 Å². The van der Waals surface area contributed by atoms with Crippen molar-refractivity contribution in [1.29, 1.82) is 0 Å². The molecule has 1 heterocycles. The van der Waals surface area contributed by atoms with Crippen LogP contribution in [0.15, 0.2) is 59.1 Å². The van der Waals surface area contributed by atoms with Crippen LogP contribution in [0.25, 0.3) is 0 Å². The van der Waals surface area contributed by atoms with Crippen molar-refractivity contribution in [2.75, 3.05) is 37.6 Å². The predicted molar refractivity (Wildman–Crippen MR) is 110 cm³/mol. The Kier molecular flexibility index (Phi) is 6.69. The Hall–Kier alpha value is -1.85. The van der Waals surface area contributed by atoms with E-state index in [0.717, 1.165) is 42.6 Å². The summed E-state index contributed by atoms with van der Waals surface area (Å²) in [4.78, 5) is 16.3. The first kappa shape index (κ1) is 18.9. The summed E-state index contributed by atoms with van der Waals surface area (Å²) in [6, 6.07) is 18.8. The van der Waals surface area contributed by atoms with Crippen molar-refractivity contribution in [3.05, 3.63) is 64.6 Å². The number of carbonyl (C=O) groups is 1. The summed E-state index contributed by atoms with van der Waals surface area (Å²) in [6.45, 7) is 6.65. The summed E-state index contributed by atoms with van der Waals surface area (Å²) in [7, 11) is 0. The van der Waals surface area contributed by atoms with E-state index in [2.05, 4.69) is 69.5 Å². The molecule has 2 N–H and O–H groups in total. The SMILES string of the molecule is CC[C@H](NC(=O)C[NH+]1CCN(c2ccccc2)CC1)c1ccc(Br)cc1. The average molecular weight is 417 g/mol. The van der Waals surface area contributed by atoms with Crippen molar-refractivity contribution in [3.8, 4) is 0 Å². The van der Waals surface area contributed by atoms with Crippen molar-refractivity contribution >= 4 is 27.5 Å². The van der Waals surface area contributed by atoms with E-state index in [1.165, 1.54) is 10.6 Å². The first-order valence-electron chi connectivity index (χ1n) is 9.34. The van der Waals surface area contributed by atoms with Crippen LogP contribution in [0.2, 0.25) is 0 Å². The summed E-state index contributed by atoms with van der Waals surface area (Å²) in [5, 5.41) is 3.20. The summed E-state index contributed by atoms with van der Waals surface area (Å²) in [5.41, 5.74) is 2.44. The number of quaternary nitrogens is 1. The zero-order chi connectivity index (χ0) is 18.4. The molecule has 138 valence electrons. The average Bonchev–Trinajstić information content (AvgIpc) is 2.68. The highest BCUT2D eigenvalue weighted by molar-refractivity contribution is 9.10. The maximum Gasteiger partial charge on any atom is 0.275 e. The number of rotatable bonds is 6. The van der Waals surface area contributed by atoms with Gasteiger partial charge in [0.1, 0.15) is 0 Å². The van der Waals surface area contributed by atoms with Crippen LogP contribution in [-0.2, 0) is 4.79 Å². The van der Waals surface area contributed by atoms with Gasteiger partial charge in [0, 0.05) is 10.2 Å². The van der Waals surface area contributed by atoms with E-state index < -0.39 is 0 Å². The normalized spacial score (nSPS) is 16.3. The number of para-hydroxylation sites is 1. The fraction of sp³-hybridized carbons (Fsp3) is 0.381. The highest BCUT2D eigenvalue weighted by Gasteiger charge is 2.23. The number of piperazine rings is 1. The van der Waals surface area contributed by atoms with Crippen LogP contribution in [0, 0.1) is 0 Å². The Labute approximate surface area is 164 Å². The molecular formula is C21H27BrN3O+. The second-order valence-electron chi connectivity index (χ2n) is 6.83. The van der Waals surface area contributed by atoms with E-state index in [-0.39, 0.29) is 11.9 Å². The molecule has 0 spiro atoms. The Morgan fingerprint density at radius 2 is 1.77 bits per heavy atom. The van der Waals surface area contributed by atoms with Crippen LogP contribution >= 0.6 is 15.9 Å². The van der Waals surface area contributed by atoms with Gasteiger partial charge >= 0.3 is 0 Å². The quantitative estimate of drug-likeness (QED) is 0.758. The van der Waals surface area contributed by atoms with Crippen molar-refractivity contribution < 1.29 is 9.69 Å². The minimum atomic E-state index is 0.0839. The first-order valence-corrected chi connectivity index (χ1v) is 10.1. The topological polar surface area (TPSA) is 36.8 Å². The largest absolute Gasteiger partial charge is 0.360 e. The van der Waals surface area contributed by atoms with Gasteiger partial charge in [0.25, 0.3) is 5.91 Å². The van der Waals surface area contributed by atoms with E-state index in [1.807, 2.05) is 18.2 Å². The molecule has 0 aromatic heterocycles. The number of halogens is 1. The number of hydrogen-bond acceptors (Lipinski definition) is 2. The van der Waals surface area contributed by atoms with Gasteiger partial charge in [-0.1, -0.05) is 53.2 Å². The maximum atomic E-state index is 12.5. The lowest BCUT2D eigenvalue weighted by molar-refractivity contribution is -0.892. The van der Waals surface area contributed by atoms with E-state index >= 15 is 0 Å². The van der Waals surface area contributed by atoms with Crippen LogP contribution in [0.3, 0.4) is 0 Å². The minimum absolute atomic E-state index is 0.0839. The van der Waals surface area contributed by atoms with Crippen LogP contribution in [0.1, 0.15) is 24.9 Å². The molecule has 2 aromatic rings. The molecule has 0 radical (unpaired) electrons. The third kappa shape index (κ3) is 5.08. The molecule has 4 nitrogen and oxygen atoms in total. The molecule has 1 amide bonds. The van der Waals surface area contributed by atoms with Crippen molar-refractivity contribution in [2.24, 2.45) is 0 Å². The number of benzene rings is 2. The fourth-order valence-corrected chi connectivity index (χ4v) is 3.75. The zero-order valence-corrected chi connectivity index (χ0v) is 16.8. The molecule has 2 aromatic carbocycles. The summed E-state index contributed by atoms with van der Waals surface area (Å²) in [5.74, 6) is 0.142. The van der Waals surface area contributed by atoms with E-state index in [1.54, 1.807) is 0 Å². The molecule has 0 bridgehead atoms. The van der Waals surface area contributed by atoms with E-state index in [9.17, 15) is 4.79 Å². The van der Waals surface area contributed by atoms with E-state index in [4.69, 9.17) is 0 Å². The van der Waals surface area contributed by atoms with Gasteiger partial charge in [-0.2, -0.15) is 0 Å².